The number of aromatic carboxylic acids is 2. The van der Waals surface area contributed by atoms with Crippen molar-refractivity contribution in [3.8, 4) is 0 Å². The van der Waals surface area contributed by atoms with E-state index in [9.17, 15) is 9.59 Å². The van der Waals surface area contributed by atoms with Gasteiger partial charge >= 0.3 is 11.9 Å². The van der Waals surface area contributed by atoms with Gasteiger partial charge in [0, 0.05) is 11.7 Å². The van der Waals surface area contributed by atoms with Crippen LogP contribution in [-0.4, -0.2) is 28.2 Å². The van der Waals surface area contributed by atoms with Crippen LogP contribution in [0.5, 0.6) is 0 Å². The highest BCUT2D eigenvalue weighted by molar-refractivity contribution is 5.97. The van der Waals surface area contributed by atoms with Crippen molar-refractivity contribution < 1.29 is 19.8 Å². The summed E-state index contributed by atoms with van der Waals surface area (Å²) in [5, 5.41) is 21.1. The van der Waals surface area contributed by atoms with Crippen LogP contribution >= 0.6 is 0 Å². The Morgan fingerprint density at radius 3 is 2.33 bits per heavy atom. The number of hydrogen-bond donors (Lipinski definition) is 3. The fourth-order valence-corrected chi connectivity index (χ4v) is 2.27. The van der Waals surface area contributed by atoms with Gasteiger partial charge in [-0.3, -0.25) is 0 Å². The van der Waals surface area contributed by atoms with E-state index in [2.05, 4.69) is 5.32 Å². The average Bonchev–Trinajstić information content (AvgIpc) is 2.81. The van der Waals surface area contributed by atoms with Gasteiger partial charge in [0.05, 0.1) is 11.1 Å². The minimum absolute atomic E-state index is 0.0977. The van der Waals surface area contributed by atoms with Gasteiger partial charge in [0.1, 0.15) is 0 Å². The van der Waals surface area contributed by atoms with Gasteiger partial charge in [-0.2, -0.15) is 0 Å². The monoisotopic (exact) mass is 249 g/mol. The summed E-state index contributed by atoms with van der Waals surface area (Å²) in [6, 6.07) is 4.28. The largest absolute Gasteiger partial charge is 0.478 e. The van der Waals surface area contributed by atoms with Crippen LogP contribution in [0.2, 0.25) is 0 Å². The summed E-state index contributed by atoms with van der Waals surface area (Å²) < 4.78 is 0. The zero-order valence-corrected chi connectivity index (χ0v) is 9.85. The zero-order chi connectivity index (χ0) is 13.1. The molecule has 5 heteroatoms. The molecule has 1 saturated carbocycles. The van der Waals surface area contributed by atoms with Crippen LogP contribution in [-0.2, 0) is 0 Å². The van der Waals surface area contributed by atoms with Crippen molar-refractivity contribution in [1.29, 1.82) is 0 Å². The Labute approximate surface area is 104 Å². The first kappa shape index (κ1) is 12.4. The van der Waals surface area contributed by atoms with Crippen LogP contribution in [0.15, 0.2) is 18.2 Å². The lowest BCUT2D eigenvalue weighted by molar-refractivity contribution is 0.0682. The van der Waals surface area contributed by atoms with Gasteiger partial charge in [-0.25, -0.2) is 9.59 Å². The Kier molecular flexibility index (Phi) is 3.50. The van der Waals surface area contributed by atoms with Crippen LogP contribution < -0.4 is 5.32 Å². The Hall–Kier alpha value is -2.04. The van der Waals surface area contributed by atoms with Gasteiger partial charge < -0.3 is 15.5 Å². The topological polar surface area (TPSA) is 86.6 Å². The van der Waals surface area contributed by atoms with Crippen LogP contribution in [0.4, 0.5) is 5.69 Å². The number of benzene rings is 1. The lowest BCUT2D eigenvalue weighted by Crippen LogP contribution is -2.17. The Bertz CT molecular complexity index is 478. The normalized spacial score (nSPS) is 15.6. The molecule has 18 heavy (non-hydrogen) atoms. The lowest BCUT2D eigenvalue weighted by Gasteiger charge is -2.16. The van der Waals surface area contributed by atoms with Crippen LogP contribution in [0.1, 0.15) is 46.4 Å². The molecule has 0 saturated heterocycles. The minimum Gasteiger partial charge on any atom is -0.478 e. The van der Waals surface area contributed by atoms with E-state index in [0.29, 0.717) is 5.69 Å². The third-order valence-electron chi connectivity index (χ3n) is 3.21. The molecule has 1 aliphatic rings. The smallest absolute Gasteiger partial charge is 0.337 e. The van der Waals surface area contributed by atoms with Crippen molar-refractivity contribution in [3.05, 3.63) is 29.3 Å². The highest BCUT2D eigenvalue weighted by Crippen LogP contribution is 2.25. The van der Waals surface area contributed by atoms with E-state index in [1.807, 2.05) is 0 Å². The highest BCUT2D eigenvalue weighted by Gasteiger charge is 2.19. The fraction of sp³-hybridized carbons (Fsp3) is 0.385. The zero-order valence-electron chi connectivity index (χ0n) is 9.85. The van der Waals surface area contributed by atoms with Crippen molar-refractivity contribution in [2.75, 3.05) is 5.32 Å². The maximum Gasteiger partial charge on any atom is 0.337 e. The number of hydrogen-bond acceptors (Lipinski definition) is 3. The van der Waals surface area contributed by atoms with Gasteiger partial charge in [0.2, 0.25) is 0 Å². The van der Waals surface area contributed by atoms with Gasteiger partial charge in [-0.15, -0.1) is 0 Å². The van der Waals surface area contributed by atoms with Gasteiger partial charge in [-0.05, 0) is 31.0 Å². The second-order valence-electron chi connectivity index (χ2n) is 4.50. The molecule has 0 radical (unpaired) electrons. The van der Waals surface area contributed by atoms with Gasteiger partial charge in [-0.1, -0.05) is 12.8 Å². The Morgan fingerprint density at radius 1 is 1.11 bits per heavy atom. The van der Waals surface area contributed by atoms with E-state index < -0.39 is 11.9 Å². The van der Waals surface area contributed by atoms with E-state index in [1.165, 1.54) is 18.2 Å². The maximum atomic E-state index is 11.1. The molecule has 0 aliphatic heterocycles. The molecule has 1 fully saturated rings. The quantitative estimate of drug-likeness (QED) is 0.763. The first-order chi connectivity index (χ1) is 8.58. The molecule has 0 aromatic heterocycles. The maximum absolute atomic E-state index is 11.1. The molecule has 0 atom stereocenters. The fourth-order valence-electron chi connectivity index (χ4n) is 2.27. The Balaban J connectivity index is 2.30. The van der Waals surface area contributed by atoms with Crippen molar-refractivity contribution >= 4 is 17.6 Å². The van der Waals surface area contributed by atoms with Crippen molar-refractivity contribution in [3.63, 3.8) is 0 Å². The highest BCUT2D eigenvalue weighted by atomic mass is 16.4. The molecule has 96 valence electrons. The number of rotatable bonds is 4. The molecule has 1 aromatic rings. The first-order valence-corrected chi connectivity index (χ1v) is 5.95. The SMILES string of the molecule is O=C(O)c1ccc(C(=O)O)c(NC2CCCC2)c1. The summed E-state index contributed by atoms with van der Waals surface area (Å²) in [5.41, 5.74) is 0.613. The van der Waals surface area contributed by atoms with Gasteiger partial charge in [0.25, 0.3) is 0 Å². The molecule has 5 nitrogen and oxygen atoms in total. The molecule has 0 spiro atoms. The summed E-state index contributed by atoms with van der Waals surface area (Å²) in [5.74, 6) is -2.10. The molecule has 2 rings (SSSR count). The van der Waals surface area contributed by atoms with E-state index in [-0.39, 0.29) is 17.2 Å². The number of nitrogens with one attached hydrogen (secondary N) is 1. The average molecular weight is 249 g/mol. The number of carboxylic acid groups (broad SMARTS) is 2. The molecule has 1 aliphatic carbocycles. The summed E-state index contributed by atoms with van der Waals surface area (Å²) in [4.78, 5) is 22.0. The third kappa shape index (κ3) is 2.61. The van der Waals surface area contributed by atoms with Crippen molar-refractivity contribution in [2.45, 2.75) is 31.7 Å². The second kappa shape index (κ2) is 5.08. The van der Waals surface area contributed by atoms with Crippen molar-refractivity contribution in [1.82, 2.24) is 0 Å². The molecule has 0 unspecified atom stereocenters. The van der Waals surface area contributed by atoms with E-state index in [1.54, 1.807) is 0 Å². The Morgan fingerprint density at radius 2 is 1.78 bits per heavy atom. The minimum atomic E-state index is -1.05. The summed E-state index contributed by atoms with van der Waals surface area (Å²) in [7, 11) is 0. The molecule has 0 bridgehead atoms. The molecule has 0 heterocycles. The number of carboxylic acids is 2. The van der Waals surface area contributed by atoms with E-state index >= 15 is 0 Å². The first-order valence-electron chi connectivity index (χ1n) is 5.95. The molecule has 0 amide bonds. The predicted molar refractivity (Wildman–Crippen MR) is 66.2 cm³/mol. The summed E-state index contributed by atoms with van der Waals surface area (Å²) in [6.45, 7) is 0. The summed E-state index contributed by atoms with van der Waals surface area (Å²) in [6.07, 6.45) is 4.24. The third-order valence-corrected chi connectivity index (χ3v) is 3.21. The van der Waals surface area contributed by atoms with Crippen LogP contribution in [0, 0.1) is 0 Å². The summed E-state index contributed by atoms with van der Waals surface area (Å²) >= 11 is 0. The van der Waals surface area contributed by atoms with Crippen LogP contribution in [0.25, 0.3) is 0 Å². The number of anilines is 1. The van der Waals surface area contributed by atoms with E-state index in [0.717, 1.165) is 25.7 Å². The lowest BCUT2D eigenvalue weighted by atomic mass is 10.1. The van der Waals surface area contributed by atoms with Crippen LogP contribution in [0.3, 0.4) is 0 Å². The molecular weight excluding hydrogens is 234 g/mol. The predicted octanol–water partition coefficient (Wildman–Crippen LogP) is 2.44. The standard InChI is InChI=1S/C13H15NO4/c15-12(16)8-5-6-10(13(17)18)11(7-8)14-9-3-1-2-4-9/h5-7,9,14H,1-4H2,(H,15,16)(H,17,18). The number of carbonyl (C=O) groups is 2. The molecule has 3 N–H and O–H groups in total. The second-order valence-corrected chi connectivity index (χ2v) is 4.50. The van der Waals surface area contributed by atoms with E-state index in [4.69, 9.17) is 10.2 Å². The van der Waals surface area contributed by atoms with Crippen molar-refractivity contribution in [2.24, 2.45) is 0 Å². The molecule has 1 aromatic carbocycles. The molecular formula is C13H15NO4. The van der Waals surface area contributed by atoms with Gasteiger partial charge in [0.15, 0.2) is 0 Å².